The van der Waals surface area contributed by atoms with Gasteiger partial charge >= 0.3 is 0 Å². The molecular weight excluding hydrogens is 256 g/mol. The Kier molecular flexibility index (Phi) is 3.70. The lowest BCUT2D eigenvalue weighted by molar-refractivity contribution is -0.124. The second-order valence-electron chi connectivity index (χ2n) is 4.90. The molecule has 5 heteroatoms. The number of Topliss-reactive ketones (excluding diaryl/α,β-unsaturated/α-hetero) is 1. The van der Waals surface area contributed by atoms with Crippen molar-refractivity contribution in [3.63, 3.8) is 0 Å². The molecule has 2 N–H and O–H groups in total. The van der Waals surface area contributed by atoms with Crippen LogP contribution in [0, 0.1) is 13.8 Å². The van der Waals surface area contributed by atoms with Crippen LogP contribution in [0.5, 0.6) is 0 Å². The van der Waals surface area contributed by atoms with E-state index in [0.717, 1.165) is 16.5 Å². The summed E-state index contributed by atoms with van der Waals surface area (Å²) in [5.74, 6) is -0.542. The number of aryl methyl sites for hydroxylation is 2. The molecule has 0 saturated heterocycles. The van der Waals surface area contributed by atoms with Crippen LogP contribution in [0.15, 0.2) is 23.0 Å². The molecule has 2 aromatic rings. The van der Waals surface area contributed by atoms with Gasteiger partial charge in [0, 0.05) is 17.1 Å². The molecule has 0 radical (unpaired) electrons. The number of amides is 1. The highest BCUT2D eigenvalue weighted by molar-refractivity contribution is 6.05. The maximum Gasteiger partial charge on any atom is 0.248 e. The van der Waals surface area contributed by atoms with Crippen LogP contribution >= 0.6 is 0 Å². The Morgan fingerprint density at radius 2 is 1.95 bits per heavy atom. The van der Waals surface area contributed by atoms with Gasteiger partial charge in [0.2, 0.25) is 11.5 Å². The number of ketones is 1. The van der Waals surface area contributed by atoms with Crippen molar-refractivity contribution in [3.8, 4) is 0 Å². The lowest BCUT2D eigenvalue weighted by atomic mass is 10.0. The minimum atomic E-state index is -0.352. The van der Waals surface area contributed by atoms with Crippen molar-refractivity contribution in [1.82, 2.24) is 4.98 Å². The summed E-state index contributed by atoms with van der Waals surface area (Å²) in [4.78, 5) is 36.9. The molecule has 0 unspecified atom stereocenters. The summed E-state index contributed by atoms with van der Waals surface area (Å²) in [5, 5.41) is 3.63. The predicted molar refractivity (Wildman–Crippen MR) is 78.0 cm³/mol. The fourth-order valence-electron chi connectivity index (χ4n) is 2.19. The fourth-order valence-corrected chi connectivity index (χ4v) is 2.19. The molecule has 0 aliphatic rings. The van der Waals surface area contributed by atoms with Gasteiger partial charge in [-0.25, -0.2) is 0 Å². The van der Waals surface area contributed by atoms with E-state index in [1.54, 1.807) is 6.07 Å². The van der Waals surface area contributed by atoms with Gasteiger partial charge in [0.1, 0.15) is 5.78 Å². The number of aromatic nitrogens is 1. The second kappa shape index (κ2) is 5.28. The number of carbonyl (C=O) groups is 2. The van der Waals surface area contributed by atoms with Crippen LogP contribution in [0.4, 0.5) is 5.69 Å². The van der Waals surface area contributed by atoms with E-state index in [9.17, 15) is 14.4 Å². The van der Waals surface area contributed by atoms with Crippen LogP contribution in [-0.4, -0.2) is 16.7 Å². The number of benzene rings is 1. The number of hydrogen-bond acceptors (Lipinski definition) is 3. The average Bonchev–Trinajstić information content (AvgIpc) is 2.32. The predicted octanol–water partition coefficient (Wildman–Crippen LogP) is 2.06. The van der Waals surface area contributed by atoms with Gasteiger partial charge in [0.15, 0.2) is 0 Å². The largest absolute Gasteiger partial charge is 0.325 e. The van der Waals surface area contributed by atoms with Gasteiger partial charge < -0.3 is 10.3 Å². The molecule has 0 fully saturated rings. The summed E-state index contributed by atoms with van der Waals surface area (Å²) < 4.78 is 0. The Bertz CT molecular complexity index is 760. The van der Waals surface area contributed by atoms with E-state index in [0.29, 0.717) is 11.2 Å². The summed E-state index contributed by atoms with van der Waals surface area (Å²) in [6.07, 6.45) is -0.151. The van der Waals surface area contributed by atoms with Crippen molar-refractivity contribution in [2.45, 2.75) is 27.2 Å². The first kappa shape index (κ1) is 14.0. The molecule has 2 rings (SSSR count). The first-order valence-electron chi connectivity index (χ1n) is 6.31. The Morgan fingerprint density at radius 3 is 2.60 bits per heavy atom. The Morgan fingerprint density at radius 1 is 1.25 bits per heavy atom. The molecule has 0 bridgehead atoms. The third kappa shape index (κ3) is 2.77. The summed E-state index contributed by atoms with van der Waals surface area (Å²) >= 11 is 0. The summed E-state index contributed by atoms with van der Waals surface area (Å²) in [6, 6.07) is 5.16. The van der Waals surface area contributed by atoms with Crippen molar-refractivity contribution in [2.24, 2.45) is 0 Å². The zero-order chi connectivity index (χ0) is 14.9. The molecule has 0 spiro atoms. The second-order valence-corrected chi connectivity index (χ2v) is 4.90. The Balaban J connectivity index is 2.47. The maximum absolute atomic E-state index is 11.6. The summed E-state index contributed by atoms with van der Waals surface area (Å²) in [6.45, 7) is 5.06. The van der Waals surface area contributed by atoms with Crippen LogP contribution in [0.2, 0.25) is 0 Å². The Hall–Kier alpha value is -2.43. The number of fused-ring (bicyclic) bond motifs is 1. The van der Waals surface area contributed by atoms with Crippen molar-refractivity contribution in [3.05, 3.63) is 39.7 Å². The lowest BCUT2D eigenvalue weighted by Crippen LogP contribution is -2.16. The zero-order valence-corrected chi connectivity index (χ0v) is 11.7. The highest BCUT2D eigenvalue weighted by atomic mass is 16.2. The minimum absolute atomic E-state index is 0.151. The molecular formula is C15H16N2O3. The molecule has 1 aromatic heterocycles. The zero-order valence-electron chi connectivity index (χ0n) is 11.7. The number of carbonyl (C=O) groups excluding carboxylic acids is 2. The molecule has 0 aliphatic heterocycles. The topological polar surface area (TPSA) is 79.0 Å². The SMILES string of the molecule is CC(=O)CC(=O)Nc1ccc2c(C)cc(=O)[nH]c2c1C. The summed E-state index contributed by atoms with van der Waals surface area (Å²) in [5.41, 5.74) is 2.79. The van der Waals surface area contributed by atoms with Crippen molar-refractivity contribution >= 4 is 28.3 Å². The fraction of sp³-hybridized carbons (Fsp3) is 0.267. The van der Waals surface area contributed by atoms with E-state index in [1.807, 2.05) is 19.9 Å². The van der Waals surface area contributed by atoms with Crippen LogP contribution < -0.4 is 10.9 Å². The monoisotopic (exact) mass is 272 g/mol. The third-order valence-corrected chi connectivity index (χ3v) is 3.17. The van der Waals surface area contributed by atoms with E-state index in [-0.39, 0.29) is 23.7 Å². The van der Waals surface area contributed by atoms with Gasteiger partial charge in [0.25, 0.3) is 0 Å². The highest BCUT2D eigenvalue weighted by Crippen LogP contribution is 2.25. The Labute approximate surface area is 116 Å². The number of nitrogens with one attached hydrogen (secondary N) is 2. The van der Waals surface area contributed by atoms with Crippen molar-refractivity contribution in [1.29, 1.82) is 0 Å². The maximum atomic E-state index is 11.6. The van der Waals surface area contributed by atoms with E-state index in [4.69, 9.17) is 0 Å². The number of pyridine rings is 1. The van der Waals surface area contributed by atoms with Crippen molar-refractivity contribution < 1.29 is 9.59 Å². The molecule has 5 nitrogen and oxygen atoms in total. The molecule has 0 aliphatic carbocycles. The highest BCUT2D eigenvalue weighted by Gasteiger charge is 2.10. The van der Waals surface area contributed by atoms with Crippen molar-refractivity contribution in [2.75, 3.05) is 5.32 Å². The molecule has 1 amide bonds. The van der Waals surface area contributed by atoms with Crippen LogP contribution in [0.3, 0.4) is 0 Å². The summed E-state index contributed by atoms with van der Waals surface area (Å²) in [7, 11) is 0. The minimum Gasteiger partial charge on any atom is -0.325 e. The van der Waals surface area contributed by atoms with Gasteiger partial charge in [-0.1, -0.05) is 6.07 Å². The van der Waals surface area contributed by atoms with Crippen LogP contribution in [-0.2, 0) is 9.59 Å². The first-order chi connectivity index (χ1) is 9.38. The van der Waals surface area contributed by atoms with Gasteiger partial charge in [0.05, 0.1) is 11.9 Å². The lowest BCUT2D eigenvalue weighted by Gasteiger charge is -2.11. The molecule has 20 heavy (non-hydrogen) atoms. The van der Waals surface area contributed by atoms with Gasteiger partial charge in [-0.15, -0.1) is 0 Å². The number of hydrogen-bond donors (Lipinski definition) is 2. The van der Waals surface area contributed by atoms with E-state index in [1.165, 1.54) is 13.0 Å². The van der Waals surface area contributed by atoms with Gasteiger partial charge in [-0.05, 0) is 38.0 Å². The normalized spacial score (nSPS) is 10.6. The third-order valence-electron chi connectivity index (χ3n) is 3.17. The quantitative estimate of drug-likeness (QED) is 0.839. The number of rotatable bonds is 3. The first-order valence-corrected chi connectivity index (χ1v) is 6.31. The number of anilines is 1. The van der Waals surface area contributed by atoms with Gasteiger partial charge in [-0.3, -0.25) is 14.4 Å². The standard InChI is InChI=1S/C15H16N2O3/c1-8-6-13(19)17-15-10(3)12(5-4-11(8)15)16-14(20)7-9(2)18/h4-6H,7H2,1-3H3,(H,16,20)(H,17,19). The molecule has 104 valence electrons. The van der Waals surface area contributed by atoms with Crippen LogP contribution in [0.25, 0.3) is 10.9 Å². The van der Waals surface area contributed by atoms with E-state index in [2.05, 4.69) is 10.3 Å². The molecule has 1 heterocycles. The smallest absolute Gasteiger partial charge is 0.248 e. The number of aromatic amines is 1. The number of H-pyrrole nitrogens is 1. The molecule has 1 aromatic carbocycles. The van der Waals surface area contributed by atoms with Crippen LogP contribution in [0.1, 0.15) is 24.5 Å². The van der Waals surface area contributed by atoms with Gasteiger partial charge in [-0.2, -0.15) is 0 Å². The molecule has 0 atom stereocenters. The molecule has 0 saturated carbocycles. The van der Waals surface area contributed by atoms with E-state index < -0.39 is 0 Å². The average molecular weight is 272 g/mol. The van der Waals surface area contributed by atoms with E-state index >= 15 is 0 Å².